The topological polar surface area (TPSA) is 170 Å². The highest BCUT2D eigenvalue weighted by molar-refractivity contribution is 7.97. The van der Waals surface area contributed by atoms with E-state index < -0.39 is 70.7 Å². The van der Waals surface area contributed by atoms with Crippen LogP contribution in [0.5, 0.6) is 0 Å². The molecule has 18 heteroatoms. The normalized spacial score (nSPS) is 24.2. The summed E-state index contributed by atoms with van der Waals surface area (Å²) in [6.07, 6.45) is 3.57. The maximum absolute atomic E-state index is 13.7. The maximum atomic E-state index is 13.7. The third-order valence-electron chi connectivity index (χ3n) is 8.63. The molecule has 0 bridgehead atoms. The van der Waals surface area contributed by atoms with Crippen molar-refractivity contribution in [2.75, 3.05) is 29.4 Å². The van der Waals surface area contributed by atoms with Gasteiger partial charge in [-0.05, 0) is 71.9 Å². The molecule has 2 saturated heterocycles. The Kier molecular flexibility index (Phi) is 12.3. The van der Waals surface area contributed by atoms with Gasteiger partial charge >= 0.3 is 13.7 Å². The molecule has 3 fully saturated rings. The Bertz CT molecular complexity index is 1650. The van der Waals surface area contributed by atoms with Crippen LogP contribution in [-0.2, 0) is 42.4 Å². The van der Waals surface area contributed by atoms with Crippen molar-refractivity contribution in [3.8, 4) is 0 Å². The lowest BCUT2D eigenvalue weighted by Crippen LogP contribution is -2.43. The molecule has 0 radical (unpaired) electrons. The molecule has 0 N–H and O–H groups in total. The second-order valence-electron chi connectivity index (χ2n) is 14.6. The number of nitrogens with zero attached hydrogens (tertiary/aromatic N) is 5. The van der Waals surface area contributed by atoms with Crippen LogP contribution in [0.3, 0.4) is 0 Å². The summed E-state index contributed by atoms with van der Waals surface area (Å²) in [7, 11) is -8.04. The van der Waals surface area contributed by atoms with Crippen molar-refractivity contribution in [3.05, 3.63) is 11.5 Å². The lowest BCUT2D eigenvalue weighted by atomic mass is 10.1. The molecule has 5 rings (SSSR count). The number of carbonyl (C=O) groups excluding carboxylic acids is 1. The molecule has 282 valence electrons. The second-order valence-corrected chi connectivity index (χ2v) is 19.5. The molecule has 0 aromatic carbocycles. The van der Waals surface area contributed by atoms with Gasteiger partial charge in [0.15, 0.2) is 38.8 Å². The SMILES string of the molecule is CCCCOP(=O)(CS(=O)(=O)C[C@H]1O[C@@H](n2ncc3c(N(C(=O)OC(C)(C)C)C4CCCC4)nc(Cl)nc32)[C@@H]2OC(C)(C)O[C@@H]21)OCCCC. The van der Waals surface area contributed by atoms with E-state index in [0.717, 1.165) is 38.5 Å². The first-order chi connectivity index (χ1) is 23.4. The summed E-state index contributed by atoms with van der Waals surface area (Å²) in [6.45, 7) is 13.0. The van der Waals surface area contributed by atoms with Gasteiger partial charge in [-0.25, -0.2) is 17.9 Å². The number of amides is 1. The Morgan fingerprint density at radius 1 is 1.08 bits per heavy atom. The molecule has 2 aromatic heterocycles. The van der Waals surface area contributed by atoms with E-state index in [-0.39, 0.29) is 36.0 Å². The van der Waals surface area contributed by atoms with E-state index in [9.17, 15) is 17.8 Å². The van der Waals surface area contributed by atoms with Crippen LogP contribution < -0.4 is 4.90 Å². The van der Waals surface area contributed by atoms with Crippen molar-refractivity contribution >= 4 is 52.0 Å². The minimum Gasteiger partial charge on any atom is -0.443 e. The van der Waals surface area contributed by atoms with Crippen LogP contribution in [0.2, 0.25) is 5.28 Å². The van der Waals surface area contributed by atoms with Gasteiger partial charge in [-0.15, -0.1) is 0 Å². The van der Waals surface area contributed by atoms with Gasteiger partial charge in [0.25, 0.3) is 0 Å². The number of ether oxygens (including phenoxy) is 4. The molecule has 0 spiro atoms. The number of anilines is 1. The van der Waals surface area contributed by atoms with E-state index in [1.54, 1.807) is 34.6 Å². The maximum Gasteiger partial charge on any atom is 0.416 e. The highest BCUT2D eigenvalue weighted by Crippen LogP contribution is 2.51. The molecule has 3 aliphatic rings. The number of hydrogen-bond acceptors (Lipinski definition) is 13. The Hall–Kier alpha value is -1.91. The largest absolute Gasteiger partial charge is 0.443 e. The van der Waals surface area contributed by atoms with Gasteiger partial charge in [0.2, 0.25) is 5.28 Å². The van der Waals surface area contributed by atoms with Gasteiger partial charge in [-0.2, -0.15) is 15.1 Å². The lowest BCUT2D eigenvalue weighted by Gasteiger charge is -2.31. The van der Waals surface area contributed by atoms with E-state index in [4.69, 9.17) is 39.6 Å². The first kappa shape index (κ1) is 39.3. The van der Waals surface area contributed by atoms with Gasteiger partial charge in [-0.1, -0.05) is 39.5 Å². The standard InChI is InChI=1S/C32H51ClN5O10PS/c1-8-10-16-43-49(40,44-17-11-9-2)20-50(41,42)19-23-24-25(47-32(6,7)46-24)28(45-23)38-27-22(18-34-38)26(35-29(33)36-27)37(21-14-12-13-15-21)30(39)48-31(3,4)5/h18,21,23-25,28H,8-17,19-20H2,1-7H3/t23-,24-,25-,28-/m1/s1. The van der Waals surface area contributed by atoms with Crippen molar-refractivity contribution in [1.82, 2.24) is 19.7 Å². The van der Waals surface area contributed by atoms with Crippen LogP contribution in [0.15, 0.2) is 6.20 Å². The molecule has 1 amide bonds. The Morgan fingerprint density at radius 2 is 1.70 bits per heavy atom. The first-order valence-electron chi connectivity index (χ1n) is 17.5. The zero-order chi connectivity index (χ0) is 36.5. The molecule has 4 heterocycles. The van der Waals surface area contributed by atoms with Crippen molar-refractivity contribution in [2.45, 2.75) is 142 Å². The average Bonchev–Trinajstić information content (AvgIpc) is 3.77. The fourth-order valence-corrected chi connectivity index (χ4v) is 11.2. The van der Waals surface area contributed by atoms with Crippen molar-refractivity contribution in [1.29, 1.82) is 0 Å². The van der Waals surface area contributed by atoms with Crippen molar-refractivity contribution in [2.24, 2.45) is 0 Å². The number of unbranched alkanes of at least 4 members (excludes halogenated alkanes) is 2. The molecule has 15 nitrogen and oxygen atoms in total. The minimum absolute atomic E-state index is 0.123. The number of carbonyl (C=O) groups is 1. The molecule has 1 saturated carbocycles. The Morgan fingerprint density at radius 3 is 2.30 bits per heavy atom. The van der Waals surface area contributed by atoms with Crippen LogP contribution in [-0.4, -0.2) is 94.5 Å². The number of sulfone groups is 1. The fraction of sp³-hybridized carbons (Fsp3) is 0.812. The van der Waals surface area contributed by atoms with E-state index in [1.807, 2.05) is 13.8 Å². The summed E-state index contributed by atoms with van der Waals surface area (Å²) in [5, 5.41) is 4.89. The van der Waals surface area contributed by atoms with Crippen molar-refractivity contribution < 1.29 is 45.8 Å². The second kappa shape index (κ2) is 15.6. The van der Waals surface area contributed by atoms with Crippen LogP contribution in [0, 0.1) is 0 Å². The molecule has 0 unspecified atom stereocenters. The van der Waals surface area contributed by atoms with E-state index in [0.29, 0.717) is 18.2 Å². The average molecular weight is 764 g/mol. The highest BCUT2D eigenvalue weighted by atomic mass is 35.5. The molecule has 4 atom stereocenters. The van der Waals surface area contributed by atoms with Crippen LogP contribution >= 0.6 is 19.2 Å². The Balaban J connectivity index is 1.46. The zero-order valence-electron chi connectivity index (χ0n) is 30.0. The van der Waals surface area contributed by atoms with Gasteiger partial charge in [0.1, 0.15) is 23.9 Å². The number of halogens is 1. The summed E-state index contributed by atoms with van der Waals surface area (Å²) in [5.74, 6) is -1.35. The summed E-state index contributed by atoms with van der Waals surface area (Å²) in [5.41, 5.74) is -1.29. The summed E-state index contributed by atoms with van der Waals surface area (Å²) in [6, 6.07) is -0.163. The number of rotatable bonds is 15. The molecule has 2 aromatic rings. The molecular formula is C32H51ClN5O10PS. The number of hydrogen-bond donors (Lipinski definition) is 0. The third-order valence-corrected chi connectivity index (χ3v) is 13.6. The van der Waals surface area contributed by atoms with Gasteiger partial charge in [-0.3, -0.25) is 9.46 Å². The quantitative estimate of drug-likeness (QED) is 0.106. The monoisotopic (exact) mass is 763 g/mol. The third kappa shape index (κ3) is 9.35. The van der Waals surface area contributed by atoms with Crippen LogP contribution in [0.25, 0.3) is 11.0 Å². The molecule has 50 heavy (non-hydrogen) atoms. The molecule has 1 aliphatic carbocycles. The zero-order valence-corrected chi connectivity index (χ0v) is 32.5. The van der Waals surface area contributed by atoms with Crippen LogP contribution in [0.1, 0.15) is 106 Å². The van der Waals surface area contributed by atoms with Gasteiger partial charge in [0, 0.05) is 6.04 Å². The summed E-state index contributed by atoms with van der Waals surface area (Å²) < 4.78 is 78.1. The lowest BCUT2D eigenvalue weighted by molar-refractivity contribution is -0.195. The highest BCUT2D eigenvalue weighted by Gasteiger charge is 2.57. The summed E-state index contributed by atoms with van der Waals surface area (Å²) >= 11 is 6.50. The van der Waals surface area contributed by atoms with E-state index in [2.05, 4.69) is 15.1 Å². The van der Waals surface area contributed by atoms with Crippen molar-refractivity contribution in [3.63, 3.8) is 0 Å². The first-order valence-corrected chi connectivity index (χ1v) is 21.4. The van der Waals surface area contributed by atoms with Crippen LogP contribution in [0.4, 0.5) is 10.6 Å². The predicted molar refractivity (Wildman–Crippen MR) is 187 cm³/mol. The number of aromatic nitrogens is 4. The molecular weight excluding hydrogens is 713 g/mol. The fourth-order valence-electron chi connectivity index (χ4n) is 6.48. The smallest absolute Gasteiger partial charge is 0.416 e. The molecule has 2 aliphatic heterocycles. The Labute approximate surface area is 299 Å². The van der Waals surface area contributed by atoms with E-state index >= 15 is 0 Å². The van der Waals surface area contributed by atoms with Gasteiger partial charge < -0.3 is 28.0 Å². The van der Waals surface area contributed by atoms with E-state index in [1.165, 1.54) is 15.8 Å². The van der Waals surface area contributed by atoms with Gasteiger partial charge in [0.05, 0.1) is 30.5 Å². The minimum atomic E-state index is -4.07. The summed E-state index contributed by atoms with van der Waals surface area (Å²) in [4.78, 5) is 24.1. The number of fused-ring (bicyclic) bond motifs is 2. The predicted octanol–water partition coefficient (Wildman–Crippen LogP) is 6.78.